The Kier molecular flexibility index (Phi) is 5.11. The van der Waals surface area contributed by atoms with E-state index < -0.39 is 11.6 Å². The van der Waals surface area contributed by atoms with Gasteiger partial charge in [-0.1, -0.05) is 0 Å². The molecular weight excluding hydrogens is 352 g/mol. The molecule has 2 aliphatic heterocycles. The molecule has 0 radical (unpaired) electrons. The van der Waals surface area contributed by atoms with E-state index in [-0.39, 0.29) is 5.91 Å². The molecule has 0 atom stereocenters. The van der Waals surface area contributed by atoms with Crippen molar-refractivity contribution < 1.29 is 18.0 Å². The maximum atomic E-state index is 13.5. The molecule has 1 aromatic heterocycles. The van der Waals surface area contributed by atoms with Crippen molar-refractivity contribution in [1.29, 1.82) is 0 Å². The van der Waals surface area contributed by atoms with Gasteiger partial charge in [-0.15, -0.1) is 0 Å². The number of carbonyl (C=O) groups is 1. The number of nitrogens with zero attached hydrogens (tertiary/aromatic N) is 3. The zero-order valence-electron chi connectivity index (χ0n) is 15.1. The second-order valence-electron chi connectivity index (χ2n) is 7.12. The number of halogens is 2. The lowest BCUT2D eigenvalue weighted by Gasteiger charge is -2.43. The first-order valence-electron chi connectivity index (χ1n) is 9.38. The van der Waals surface area contributed by atoms with Gasteiger partial charge in [-0.2, -0.15) is 0 Å². The fraction of sp³-hybridized carbons (Fsp3) is 0.450. The summed E-state index contributed by atoms with van der Waals surface area (Å²) in [5, 5.41) is 0. The summed E-state index contributed by atoms with van der Waals surface area (Å²) >= 11 is 0. The van der Waals surface area contributed by atoms with Gasteiger partial charge in [0, 0.05) is 57.1 Å². The van der Waals surface area contributed by atoms with E-state index in [2.05, 4.69) is 9.80 Å². The van der Waals surface area contributed by atoms with Crippen LogP contribution in [0.5, 0.6) is 0 Å². The van der Waals surface area contributed by atoms with Gasteiger partial charge < -0.3 is 14.2 Å². The van der Waals surface area contributed by atoms with E-state index in [0.717, 1.165) is 44.7 Å². The molecule has 0 spiro atoms. The third-order valence-corrected chi connectivity index (χ3v) is 5.58. The van der Waals surface area contributed by atoms with Crippen LogP contribution in [0.4, 0.5) is 14.5 Å². The van der Waals surface area contributed by atoms with Gasteiger partial charge in [0.05, 0.1) is 6.26 Å². The van der Waals surface area contributed by atoms with Gasteiger partial charge in [0.25, 0.3) is 5.91 Å². The first-order valence-corrected chi connectivity index (χ1v) is 9.38. The van der Waals surface area contributed by atoms with Crippen molar-refractivity contribution in [2.75, 3.05) is 44.2 Å². The van der Waals surface area contributed by atoms with Crippen molar-refractivity contribution >= 4 is 11.6 Å². The third kappa shape index (κ3) is 3.83. The lowest BCUT2D eigenvalue weighted by molar-refractivity contribution is 0.0514. The van der Waals surface area contributed by atoms with Crippen molar-refractivity contribution in [2.24, 2.45) is 0 Å². The van der Waals surface area contributed by atoms with Crippen LogP contribution >= 0.6 is 0 Å². The molecular formula is C20H23F2N3O2. The van der Waals surface area contributed by atoms with Crippen LogP contribution in [0.2, 0.25) is 0 Å². The van der Waals surface area contributed by atoms with Crippen LogP contribution in [0, 0.1) is 11.6 Å². The number of piperidine rings is 1. The summed E-state index contributed by atoms with van der Waals surface area (Å²) in [7, 11) is 0. The normalized spacial score (nSPS) is 19.5. The lowest BCUT2D eigenvalue weighted by Crippen LogP contribution is -2.54. The number of carbonyl (C=O) groups excluding carboxylic acids is 1. The average Bonchev–Trinajstić information content (AvgIpc) is 3.25. The van der Waals surface area contributed by atoms with Crippen LogP contribution in [0.15, 0.2) is 41.0 Å². The summed E-state index contributed by atoms with van der Waals surface area (Å²) in [6, 6.07) is 7.98. The van der Waals surface area contributed by atoms with Crippen LogP contribution in [-0.2, 0) is 0 Å². The standard InChI is InChI=1S/C20H23F2N3O2/c21-17-4-3-16(14-18(17)22)23-7-5-15(6-8-23)24-9-11-25(12-10-24)20(26)19-2-1-13-27-19/h1-4,13-15H,5-12H2. The summed E-state index contributed by atoms with van der Waals surface area (Å²) in [5.74, 6) is -1.27. The molecule has 1 aromatic carbocycles. The monoisotopic (exact) mass is 375 g/mol. The first-order chi connectivity index (χ1) is 13.1. The van der Waals surface area contributed by atoms with Crippen molar-refractivity contribution in [3.8, 4) is 0 Å². The molecule has 3 heterocycles. The Hall–Kier alpha value is -2.41. The van der Waals surface area contributed by atoms with Crippen molar-refractivity contribution in [1.82, 2.24) is 9.80 Å². The Morgan fingerprint density at radius 2 is 1.70 bits per heavy atom. The van der Waals surface area contributed by atoms with Gasteiger partial charge >= 0.3 is 0 Å². The Morgan fingerprint density at radius 1 is 0.963 bits per heavy atom. The molecule has 1 amide bonds. The van der Waals surface area contributed by atoms with E-state index in [4.69, 9.17) is 4.42 Å². The minimum atomic E-state index is -0.810. The number of amides is 1. The highest BCUT2D eigenvalue weighted by molar-refractivity contribution is 5.91. The van der Waals surface area contributed by atoms with Crippen LogP contribution in [0.3, 0.4) is 0 Å². The molecule has 27 heavy (non-hydrogen) atoms. The molecule has 2 aliphatic rings. The summed E-state index contributed by atoms with van der Waals surface area (Å²) in [5.41, 5.74) is 0.737. The third-order valence-electron chi connectivity index (χ3n) is 5.58. The highest BCUT2D eigenvalue weighted by Crippen LogP contribution is 2.25. The minimum absolute atomic E-state index is 0.0483. The van der Waals surface area contributed by atoms with Crippen LogP contribution in [0.25, 0.3) is 0 Å². The number of benzene rings is 1. The first kappa shape index (κ1) is 18.0. The predicted molar refractivity (Wildman–Crippen MR) is 97.8 cm³/mol. The van der Waals surface area contributed by atoms with E-state index in [1.165, 1.54) is 18.4 Å². The highest BCUT2D eigenvalue weighted by atomic mass is 19.2. The number of hydrogen-bond acceptors (Lipinski definition) is 4. The summed E-state index contributed by atoms with van der Waals surface area (Å²) < 4.78 is 31.8. The zero-order chi connectivity index (χ0) is 18.8. The Morgan fingerprint density at radius 3 is 2.33 bits per heavy atom. The van der Waals surface area contributed by atoms with Crippen molar-refractivity contribution in [3.63, 3.8) is 0 Å². The summed E-state index contributed by atoms with van der Waals surface area (Å²) in [6.45, 7) is 4.74. The molecule has 2 saturated heterocycles. The molecule has 0 unspecified atom stereocenters. The van der Waals surface area contributed by atoms with E-state index in [9.17, 15) is 13.6 Å². The van der Waals surface area contributed by atoms with Crippen molar-refractivity contribution in [2.45, 2.75) is 18.9 Å². The van der Waals surface area contributed by atoms with Gasteiger partial charge in [0.15, 0.2) is 17.4 Å². The molecule has 2 aromatic rings. The van der Waals surface area contributed by atoms with Crippen LogP contribution in [0.1, 0.15) is 23.4 Å². The Balaban J connectivity index is 1.28. The van der Waals surface area contributed by atoms with Gasteiger partial charge in [-0.05, 0) is 37.1 Å². The van der Waals surface area contributed by atoms with Crippen molar-refractivity contribution in [3.05, 3.63) is 54.0 Å². The quantitative estimate of drug-likeness (QED) is 0.827. The number of hydrogen-bond donors (Lipinski definition) is 0. The lowest BCUT2D eigenvalue weighted by atomic mass is 10.0. The fourth-order valence-electron chi connectivity index (χ4n) is 4.02. The SMILES string of the molecule is O=C(c1ccco1)N1CCN(C2CCN(c3ccc(F)c(F)c3)CC2)CC1. The highest BCUT2D eigenvalue weighted by Gasteiger charge is 2.30. The molecule has 0 aliphatic carbocycles. The maximum Gasteiger partial charge on any atom is 0.289 e. The number of rotatable bonds is 3. The summed E-state index contributed by atoms with van der Waals surface area (Å²) in [6.07, 6.45) is 3.47. The largest absolute Gasteiger partial charge is 0.459 e. The average molecular weight is 375 g/mol. The number of furan rings is 1. The molecule has 7 heteroatoms. The molecule has 144 valence electrons. The zero-order valence-corrected chi connectivity index (χ0v) is 15.1. The Labute approximate surface area is 157 Å². The smallest absolute Gasteiger partial charge is 0.289 e. The molecule has 5 nitrogen and oxygen atoms in total. The second kappa shape index (κ2) is 7.68. The Bertz CT molecular complexity index is 781. The maximum absolute atomic E-state index is 13.5. The number of anilines is 1. The molecule has 4 rings (SSSR count). The van der Waals surface area contributed by atoms with Gasteiger partial charge in [0.1, 0.15) is 0 Å². The number of piperazine rings is 1. The van der Waals surface area contributed by atoms with E-state index >= 15 is 0 Å². The fourth-order valence-corrected chi connectivity index (χ4v) is 4.02. The van der Waals surface area contributed by atoms with E-state index in [1.54, 1.807) is 18.2 Å². The minimum Gasteiger partial charge on any atom is -0.459 e. The second-order valence-corrected chi connectivity index (χ2v) is 7.12. The van der Waals surface area contributed by atoms with Gasteiger partial charge in [-0.3, -0.25) is 9.69 Å². The molecule has 0 bridgehead atoms. The van der Waals surface area contributed by atoms with Gasteiger partial charge in [-0.25, -0.2) is 8.78 Å². The molecule has 2 fully saturated rings. The van der Waals surface area contributed by atoms with E-state index in [1.807, 2.05) is 4.90 Å². The summed E-state index contributed by atoms with van der Waals surface area (Å²) in [4.78, 5) is 18.7. The van der Waals surface area contributed by atoms with E-state index in [0.29, 0.717) is 24.9 Å². The molecule has 0 N–H and O–H groups in total. The van der Waals surface area contributed by atoms with Crippen LogP contribution in [-0.4, -0.2) is 61.0 Å². The van der Waals surface area contributed by atoms with Gasteiger partial charge in [0.2, 0.25) is 0 Å². The predicted octanol–water partition coefficient (Wildman–Crippen LogP) is 2.98. The van der Waals surface area contributed by atoms with Crippen LogP contribution < -0.4 is 4.90 Å². The topological polar surface area (TPSA) is 39.9 Å². The molecule has 0 saturated carbocycles.